The Bertz CT molecular complexity index is 438. The van der Waals surface area contributed by atoms with Crippen molar-refractivity contribution in [3.63, 3.8) is 0 Å². The second-order valence-electron chi connectivity index (χ2n) is 6.62. The Morgan fingerprint density at radius 2 is 1.81 bits per heavy atom. The zero-order chi connectivity index (χ0) is 15.4. The minimum absolute atomic E-state index is 0.450. The number of rotatable bonds is 6. The number of nitrogens with zero attached hydrogens (tertiary/aromatic N) is 2. The summed E-state index contributed by atoms with van der Waals surface area (Å²) >= 11 is 0. The minimum atomic E-state index is 0.450. The van der Waals surface area contributed by atoms with E-state index >= 15 is 0 Å². The van der Waals surface area contributed by atoms with E-state index in [2.05, 4.69) is 44.7 Å². The van der Waals surface area contributed by atoms with Gasteiger partial charge in [0.05, 0.1) is 11.7 Å². The standard InChI is InChI=1S/C18H33N3/c1-6-15(19-5)18-16(7-2)20-21(17(18)8-3)14-11-9-13(4)10-12-14/h13-15,19H,6-12H2,1-5H3. The van der Waals surface area contributed by atoms with Gasteiger partial charge in [0.25, 0.3) is 0 Å². The first-order valence-corrected chi connectivity index (χ1v) is 8.93. The molecule has 0 radical (unpaired) electrons. The summed E-state index contributed by atoms with van der Waals surface area (Å²) in [6, 6.07) is 1.08. The van der Waals surface area contributed by atoms with Crippen molar-refractivity contribution in [2.24, 2.45) is 5.92 Å². The molecule has 0 aliphatic heterocycles. The Morgan fingerprint density at radius 1 is 1.14 bits per heavy atom. The maximum absolute atomic E-state index is 5.04. The smallest absolute Gasteiger partial charge is 0.0672 e. The lowest BCUT2D eigenvalue weighted by Gasteiger charge is -2.28. The number of hydrogen-bond acceptors (Lipinski definition) is 2. The van der Waals surface area contributed by atoms with Gasteiger partial charge in [0, 0.05) is 17.3 Å². The fourth-order valence-electron chi connectivity index (χ4n) is 3.89. The van der Waals surface area contributed by atoms with Gasteiger partial charge < -0.3 is 5.32 Å². The Balaban J connectivity index is 2.37. The molecule has 120 valence electrons. The van der Waals surface area contributed by atoms with Crippen LogP contribution in [0.1, 0.15) is 88.8 Å². The van der Waals surface area contributed by atoms with Gasteiger partial charge in [-0.05, 0) is 57.9 Å². The molecule has 1 aliphatic carbocycles. The van der Waals surface area contributed by atoms with Crippen LogP contribution in [0, 0.1) is 5.92 Å². The molecule has 3 heteroatoms. The van der Waals surface area contributed by atoms with E-state index in [1.54, 1.807) is 0 Å². The van der Waals surface area contributed by atoms with Crippen LogP contribution in [0.4, 0.5) is 0 Å². The molecule has 1 N–H and O–H groups in total. The van der Waals surface area contributed by atoms with Crippen LogP contribution in [0.2, 0.25) is 0 Å². The van der Waals surface area contributed by atoms with Crippen molar-refractivity contribution in [3.05, 3.63) is 17.0 Å². The van der Waals surface area contributed by atoms with Crippen LogP contribution in [0.25, 0.3) is 0 Å². The first kappa shape index (κ1) is 16.5. The van der Waals surface area contributed by atoms with Crippen LogP contribution in [0.5, 0.6) is 0 Å². The third kappa shape index (κ3) is 3.33. The number of nitrogens with one attached hydrogen (secondary N) is 1. The van der Waals surface area contributed by atoms with Gasteiger partial charge >= 0.3 is 0 Å². The normalized spacial score (nSPS) is 24.2. The highest BCUT2D eigenvalue weighted by molar-refractivity contribution is 5.31. The summed E-state index contributed by atoms with van der Waals surface area (Å²) in [5, 5.41) is 8.53. The highest BCUT2D eigenvalue weighted by Crippen LogP contribution is 2.35. The van der Waals surface area contributed by atoms with E-state index in [-0.39, 0.29) is 0 Å². The largest absolute Gasteiger partial charge is 0.313 e. The van der Waals surface area contributed by atoms with Gasteiger partial charge in [-0.25, -0.2) is 0 Å². The summed E-state index contributed by atoms with van der Waals surface area (Å²) in [4.78, 5) is 0. The van der Waals surface area contributed by atoms with Crippen molar-refractivity contribution < 1.29 is 0 Å². The van der Waals surface area contributed by atoms with Gasteiger partial charge in [0.2, 0.25) is 0 Å². The van der Waals surface area contributed by atoms with Crippen LogP contribution < -0.4 is 5.32 Å². The fourth-order valence-corrected chi connectivity index (χ4v) is 3.89. The SMILES string of the molecule is CCc1nn(C2CCC(C)CC2)c(CC)c1C(CC)NC. The van der Waals surface area contributed by atoms with Gasteiger partial charge in [-0.1, -0.05) is 27.7 Å². The molecule has 0 spiro atoms. The van der Waals surface area contributed by atoms with Crippen LogP contribution >= 0.6 is 0 Å². The molecule has 0 bridgehead atoms. The summed E-state index contributed by atoms with van der Waals surface area (Å²) in [6.45, 7) is 9.17. The van der Waals surface area contributed by atoms with Gasteiger partial charge in [-0.2, -0.15) is 5.10 Å². The predicted octanol–water partition coefficient (Wildman–Crippen LogP) is 4.43. The lowest BCUT2D eigenvalue weighted by atomic mass is 9.87. The maximum atomic E-state index is 5.04. The van der Waals surface area contributed by atoms with Gasteiger partial charge in [-0.15, -0.1) is 0 Å². The molecule has 1 aliphatic rings. The predicted molar refractivity (Wildman–Crippen MR) is 89.7 cm³/mol. The molecule has 1 atom stereocenters. The third-order valence-electron chi connectivity index (χ3n) is 5.23. The van der Waals surface area contributed by atoms with Crippen molar-refractivity contribution in [2.75, 3.05) is 7.05 Å². The van der Waals surface area contributed by atoms with Gasteiger partial charge in [0.1, 0.15) is 0 Å². The fraction of sp³-hybridized carbons (Fsp3) is 0.833. The van der Waals surface area contributed by atoms with Crippen molar-refractivity contribution in [3.8, 4) is 0 Å². The number of hydrogen-bond donors (Lipinski definition) is 1. The van der Waals surface area contributed by atoms with E-state index in [1.807, 2.05) is 0 Å². The Morgan fingerprint density at radius 3 is 2.29 bits per heavy atom. The molecule has 0 saturated heterocycles. The molecule has 2 rings (SSSR count). The highest BCUT2D eigenvalue weighted by atomic mass is 15.3. The molecular formula is C18H33N3. The Hall–Kier alpha value is -0.830. The lowest BCUT2D eigenvalue weighted by molar-refractivity contribution is 0.268. The van der Waals surface area contributed by atoms with E-state index in [9.17, 15) is 0 Å². The maximum Gasteiger partial charge on any atom is 0.0672 e. The quantitative estimate of drug-likeness (QED) is 0.840. The van der Waals surface area contributed by atoms with E-state index < -0.39 is 0 Å². The summed E-state index contributed by atoms with van der Waals surface area (Å²) < 4.78 is 2.40. The second-order valence-corrected chi connectivity index (χ2v) is 6.62. The molecule has 0 amide bonds. The summed E-state index contributed by atoms with van der Waals surface area (Å²) in [6.07, 6.45) is 8.57. The van der Waals surface area contributed by atoms with Gasteiger partial charge in [0.15, 0.2) is 0 Å². The van der Waals surface area contributed by atoms with E-state index in [1.165, 1.54) is 42.6 Å². The Labute approximate surface area is 130 Å². The minimum Gasteiger partial charge on any atom is -0.313 e. The highest BCUT2D eigenvalue weighted by Gasteiger charge is 2.27. The molecule has 1 aromatic rings. The average molecular weight is 291 g/mol. The number of aryl methyl sites for hydroxylation is 1. The van der Waals surface area contributed by atoms with Crippen LogP contribution in [0.15, 0.2) is 0 Å². The zero-order valence-corrected chi connectivity index (χ0v) is 14.6. The average Bonchev–Trinajstić information content (AvgIpc) is 2.88. The molecular weight excluding hydrogens is 258 g/mol. The molecule has 1 unspecified atom stereocenters. The second kappa shape index (κ2) is 7.44. The summed E-state index contributed by atoms with van der Waals surface area (Å²) in [5.41, 5.74) is 4.28. The Kier molecular flexibility index (Phi) is 5.86. The molecule has 1 fully saturated rings. The molecule has 3 nitrogen and oxygen atoms in total. The first-order chi connectivity index (χ1) is 10.2. The summed E-state index contributed by atoms with van der Waals surface area (Å²) in [7, 11) is 2.08. The van der Waals surface area contributed by atoms with Crippen molar-refractivity contribution in [2.45, 2.75) is 84.7 Å². The first-order valence-electron chi connectivity index (χ1n) is 8.93. The monoisotopic (exact) mass is 291 g/mol. The molecule has 1 saturated carbocycles. The molecule has 1 aromatic heterocycles. The van der Waals surface area contributed by atoms with Crippen LogP contribution in [-0.2, 0) is 12.8 Å². The molecule has 0 aromatic carbocycles. The topological polar surface area (TPSA) is 29.9 Å². The summed E-state index contributed by atoms with van der Waals surface area (Å²) in [5.74, 6) is 0.896. The third-order valence-corrected chi connectivity index (χ3v) is 5.23. The molecule has 21 heavy (non-hydrogen) atoms. The van der Waals surface area contributed by atoms with E-state index in [0.717, 1.165) is 25.2 Å². The van der Waals surface area contributed by atoms with E-state index in [0.29, 0.717) is 12.1 Å². The van der Waals surface area contributed by atoms with Crippen molar-refractivity contribution >= 4 is 0 Å². The zero-order valence-electron chi connectivity index (χ0n) is 14.6. The van der Waals surface area contributed by atoms with Crippen LogP contribution in [-0.4, -0.2) is 16.8 Å². The molecule has 1 heterocycles. The van der Waals surface area contributed by atoms with Crippen molar-refractivity contribution in [1.82, 2.24) is 15.1 Å². The van der Waals surface area contributed by atoms with Crippen LogP contribution in [0.3, 0.4) is 0 Å². The van der Waals surface area contributed by atoms with Crippen molar-refractivity contribution in [1.29, 1.82) is 0 Å². The lowest BCUT2D eigenvalue weighted by Crippen LogP contribution is -2.21. The van der Waals surface area contributed by atoms with Gasteiger partial charge in [-0.3, -0.25) is 4.68 Å². The van der Waals surface area contributed by atoms with E-state index in [4.69, 9.17) is 5.10 Å². The number of aromatic nitrogens is 2.